The van der Waals surface area contributed by atoms with E-state index in [-0.39, 0.29) is 16.0 Å². The summed E-state index contributed by atoms with van der Waals surface area (Å²) < 4.78 is 1.75. The van der Waals surface area contributed by atoms with Gasteiger partial charge in [-0.25, -0.2) is 0 Å². The molecule has 0 fully saturated rings. The topological polar surface area (TPSA) is 48.0 Å². The van der Waals surface area contributed by atoms with E-state index in [1.54, 1.807) is 10.6 Å². The molecule has 0 aliphatic rings. The van der Waals surface area contributed by atoms with Gasteiger partial charge in [0, 0.05) is 12.2 Å². The number of pyridine rings is 1. The Labute approximate surface area is 108 Å². The third kappa shape index (κ3) is 3.66. The molecule has 0 unspecified atom stereocenters. The summed E-state index contributed by atoms with van der Waals surface area (Å²) >= 11 is 4.87. The first-order valence-electron chi connectivity index (χ1n) is 5.72. The smallest absolute Gasteiger partial charge is 0.260 e. The van der Waals surface area contributed by atoms with Crippen molar-refractivity contribution >= 4 is 17.2 Å². The molecular weight excluding hydrogens is 232 g/mol. The zero-order valence-corrected chi connectivity index (χ0v) is 11.7. The van der Waals surface area contributed by atoms with E-state index in [2.05, 4.69) is 20.8 Å². The Bertz CT molecular complexity index is 483. The molecule has 0 amide bonds. The maximum atomic E-state index is 12.1. The highest BCUT2D eigenvalue weighted by atomic mass is 32.1. The summed E-state index contributed by atoms with van der Waals surface area (Å²) in [5, 5.41) is 0. The Hall–Kier alpha value is -1.16. The zero-order valence-electron chi connectivity index (χ0n) is 10.9. The van der Waals surface area contributed by atoms with Crippen molar-refractivity contribution in [2.75, 3.05) is 0 Å². The van der Waals surface area contributed by atoms with Gasteiger partial charge in [-0.3, -0.25) is 4.79 Å². The monoisotopic (exact) mass is 252 g/mol. The van der Waals surface area contributed by atoms with Gasteiger partial charge in [-0.1, -0.05) is 33.0 Å². The van der Waals surface area contributed by atoms with E-state index in [9.17, 15) is 4.79 Å². The second kappa shape index (κ2) is 5.00. The molecule has 0 aliphatic carbocycles. The average molecular weight is 252 g/mol. The van der Waals surface area contributed by atoms with Crippen LogP contribution in [-0.2, 0) is 6.54 Å². The van der Waals surface area contributed by atoms with Crippen LogP contribution in [0.15, 0.2) is 16.9 Å². The molecule has 0 spiro atoms. The van der Waals surface area contributed by atoms with Crippen LogP contribution in [-0.4, -0.2) is 9.56 Å². The molecule has 0 saturated heterocycles. The number of rotatable bonds is 3. The lowest BCUT2D eigenvalue weighted by Crippen LogP contribution is -2.31. The minimum atomic E-state index is -0.0817. The van der Waals surface area contributed by atoms with Gasteiger partial charge in [0.25, 0.3) is 5.56 Å². The average Bonchev–Trinajstić information content (AvgIpc) is 2.14. The first kappa shape index (κ1) is 13.9. The zero-order chi connectivity index (χ0) is 13.2. The Kier molecular flexibility index (Phi) is 4.09. The highest BCUT2D eigenvalue weighted by Crippen LogP contribution is 2.19. The van der Waals surface area contributed by atoms with Crippen molar-refractivity contribution in [2.45, 2.75) is 40.7 Å². The molecule has 3 nitrogen and oxygen atoms in total. The molecule has 0 bridgehead atoms. The van der Waals surface area contributed by atoms with Crippen LogP contribution in [0, 0.1) is 12.3 Å². The van der Waals surface area contributed by atoms with E-state index in [1.807, 2.05) is 13.0 Å². The summed E-state index contributed by atoms with van der Waals surface area (Å²) in [6.45, 7) is 9.10. The Morgan fingerprint density at radius 3 is 2.47 bits per heavy atom. The molecule has 0 saturated carbocycles. The van der Waals surface area contributed by atoms with E-state index in [4.69, 9.17) is 18.0 Å². The van der Waals surface area contributed by atoms with Crippen molar-refractivity contribution in [1.82, 2.24) is 4.57 Å². The largest absolute Gasteiger partial charge is 0.389 e. The number of thiocarbonyl (C=S) groups is 1. The van der Waals surface area contributed by atoms with Crippen LogP contribution in [0.1, 0.15) is 38.4 Å². The number of hydrogen-bond acceptors (Lipinski definition) is 2. The van der Waals surface area contributed by atoms with E-state index in [0.717, 1.165) is 12.1 Å². The summed E-state index contributed by atoms with van der Waals surface area (Å²) in [7, 11) is 0. The van der Waals surface area contributed by atoms with E-state index < -0.39 is 0 Å². The van der Waals surface area contributed by atoms with Gasteiger partial charge in [0.15, 0.2) is 0 Å². The number of aryl methyl sites for hydroxylation is 1. The molecule has 0 aromatic carbocycles. The highest BCUT2D eigenvalue weighted by molar-refractivity contribution is 7.80. The Balaban J connectivity index is 3.11. The fourth-order valence-electron chi connectivity index (χ4n) is 1.58. The second-order valence-corrected chi connectivity index (χ2v) is 5.96. The number of nitrogens with two attached hydrogens (primary N) is 1. The quantitative estimate of drug-likeness (QED) is 0.839. The first-order chi connectivity index (χ1) is 7.72. The molecule has 1 rings (SSSR count). The maximum absolute atomic E-state index is 12.1. The number of aromatic nitrogens is 1. The summed E-state index contributed by atoms with van der Waals surface area (Å²) in [4.78, 5) is 12.3. The molecule has 1 heterocycles. The van der Waals surface area contributed by atoms with Gasteiger partial charge < -0.3 is 10.3 Å². The standard InChI is InChI=1S/C13H20N2OS/c1-9-5-6-10(11(14)17)12(16)15(9)8-7-13(2,3)4/h5-6H,7-8H2,1-4H3,(H2,14,17). The minimum Gasteiger partial charge on any atom is -0.389 e. The minimum absolute atomic E-state index is 0.0817. The van der Waals surface area contributed by atoms with Crippen molar-refractivity contribution < 1.29 is 0 Å². The second-order valence-electron chi connectivity index (χ2n) is 5.52. The van der Waals surface area contributed by atoms with Gasteiger partial charge in [0.2, 0.25) is 0 Å². The molecule has 4 heteroatoms. The predicted molar refractivity (Wildman–Crippen MR) is 75.4 cm³/mol. The summed E-state index contributed by atoms with van der Waals surface area (Å²) in [5.41, 5.74) is 7.03. The van der Waals surface area contributed by atoms with Crippen LogP contribution in [0.4, 0.5) is 0 Å². The third-order valence-electron chi connectivity index (χ3n) is 2.74. The number of nitrogens with zero attached hydrogens (tertiary/aromatic N) is 1. The van der Waals surface area contributed by atoms with Crippen molar-refractivity contribution in [2.24, 2.45) is 11.1 Å². The van der Waals surface area contributed by atoms with Crippen LogP contribution in [0.3, 0.4) is 0 Å². The fourth-order valence-corrected chi connectivity index (χ4v) is 1.74. The van der Waals surface area contributed by atoms with Gasteiger partial charge >= 0.3 is 0 Å². The van der Waals surface area contributed by atoms with Crippen LogP contribution in [0.25, 0.3) is 0 Å². The maximum Gasteiger partial charge on any atom is 0.260 e. The van der Waals surface area contributed by atoms with Crippen molar-refractivity contribution in [3.8, 4) is 0 Å². The molecule has 0 radical (unpaired) electrons. The predicted octanol–water partition coefficient (Wildman–Crippen LogP) is 2.23. The van der Waals surface area contributed by atoms with Crippen molar-refractivity contribution in [3.63, 3.8) is 0 Å². The molecular formula is C13H20N2OS. The van der Waals surface area contributed by atoms with Gasteiger partial charge in [-0.2, -0.15) is 0 Å². The summed E-state index contributed by atoms with van der Waals surface area (Å²) in [6, 6.07) is 3.59. The van der Waals surface area contributed by atoms with E-state index in [0.29, 0.717) is 12.1 Å². The number of hydrogen-bond donors (Lipinski definition) is 1. The van der Waals surface area contributed by atoms with Crippen LogP contribution in [0.5, 0.6) is 0 Å². The molecule has 0 aliphatic heterocycles. The van der Waals surface area contributed by atoms with Crippen LogP contribution < -0.4 is 11.3 Å². The fraction of sp³-hybridized carbons (Fsp3) is 0.538. The third-order valence-corrected chi connectivity index (χ3v) is 2.96. The lowest BCUT2D eigenvalue weighted by Gasteiger charge is -2.20. The lowest BCUT2D eigenvalue weighted by molar-refractivity contribution is 0.346. The highest BCUT2D eigenvalue weighted by Gasteiger charge is 2.13. The van der Waals surface area contributed by atoms with Gasteiger partial charge in [-0.05, 0) is 30.9 Å². The molecule has 17 heavy (non-hydrogen) atoms. The summed E-state index contributed by atoms with van der Waals surface area (Å²) in [5.74, 6) is 0. The molecule has 1 aromatic rings. The van der Waals surface area contributed by atoms with Crippen molar-refractivity contribution in [1.29, 1.82) is 0 Å². The Morgan fingerprint density at radius 2 is 2.00 bits per heavy atom. The molecule has 94 valence electrons. The van der Waals surface area contributed by atoms with Crippen molar-refractivity contribution in [3.05, 3.63) is 33.7 Å². The van der Waals surface area contributed by atoms with E-state index >= 15 is 0 Å². The molecule has 1 aromatic heterocycles. The molecule has 2 N–H and O–H groups in total. The molecule has 0 atom stereocenters. The normalized spacial score (nSPS) is 11.5. The Morgan fingerprint density at radius 1 is 1.41 bits per heavy atom. The first-order valence-corrected chi connectivity index (χ1v) is 6.13. The SMILES string of the molecule is Cc1ccc(C(N)=S)c(=O)n1CCC(C)(C)C. The lowest BCUT2D eigenvalue weighted by atomic mass is 9.92. The van der Waals surface area contributed by atoms with Gasteiger partial charge in [-0.15, -0.1) is 0 Å². The van der Waals surface area contributed by atoms with Gasteiger partial charge in [0.05, 0.1) is 5.56 Å². The van der Waals surface area contributed by atoms with Crippen LogP contribution in [0.2, 0.25) is 0 Å². The summed E-state index contributed by atoms with van der Waals surface area (Å²) in [6.07, 6.45) is 0.939. The van der Waals surface area contributed by atoms with Crippen LogP contribution >= 0.6 is 12.2 Å². The van der Waals surface area contributed by atoms with E-state index in [1.165, 1.54) is 0 Å². The van der Waals surface area contributed by atoms with Gasteiger partial charge in [0.1, 0.15) is 4.99 Å².